The highest BCUT2D eigenvalue weighted by atomic mass is 32.2. The molecule has 0 aliphatic heterocycles. The molecule has 3 rings (SSSR count). The van der Waals surface area contributed by atoms with Crippen molar-refractivity contribution in [1.29, 1.82) is 0 Å². The number of imidazole rings is 1. The highest BCUT2D eigenvalue weighted by Crippen LogP contribution is 2.29. The van der Waals surface area contributed by atoms with Crippen LogP contribution in [0.4, 0.5) is 0 Å². The third-order valence-electron chi connectivity index (χ3n) is 3.37. The molecule has 108 valence electrons. The molecule has 0 fully saturated rings. The van der Waals surface area contributed by atoms with Gasteiger partial charge in [0, 0.05) is 11.0 Å². The summed E-state index contributed by atoms with van der Waals surface area (Å²) in [5, 5.41) is 10.0. The number of ether oxygens (including phenoxy) is 1. The number of hydrogen-bond donors (Lipinski definition) is 2. The fourth-order valence-electron chi connectivity index (χ4n) is 2.16. The minimum Gasteiger partial charge on any atom is -0.497 e. The zero-order valence-electron chi connectivity index (χ0n) is 11.9. The molecule has 0 unspecified atom stereocenters. The Morgan fingerprint density at radius 1 is 1.24 bits per heavy atom. The van der Waals surface area contributed by atoms with Gasteiger partial charge in [0.1, 0.15) is 5.75 Å². The van der Waals surface area contributed by atoms with E-state index in [0.29, 0.717) is 0 Å². The molecule has 2 N–H and O–H groups in total. The van der Waals surface area contributed by atoms with Gasteiger partial charge >= 0.3 is 0 Å². The Kier molecular flexibility index (Phi) is 3.86. The van der Waals surface area contributed by atoms with Crippen LogP contribution in [-0.2, 0) is 6.61 Å². The minimum atomic E-state index is 0.0706. The van der Waals surface area contributed by atoms with Gasteiger partial charge in [-0.2, -0.15) is 0 Å². The van der Waals surface area contributed by atoms with Crippen molar-refractivity contribution >= 4 is 22.8 Å². The van der Waals surface area contributed by atoms with Crippen LogP contribution in [0.5, 0.6) is 5.75 Å². The van der Waals surface area contributed by atoms with Crippen molar-refractivity contribution in [3.63, 3.8) is 0 Å². The Balaban J connectivity index is 1.89. The fraction of sp³-hybridized carbons (Fsp3) is 0.188. The van der Waals surface area contributed by atoms with E-state index in [1.807, 2.05) is 37.3 Å². The van der Waals surface area contributed by atoms with Crippen molar-refractivity contribution in [3.8, 4) is 5.75 Å². The number of H-pyrrole nitrogens is 1. The third kappa shape index (κ3) is 2.89. The molecule has 21 heavy (non-hydrogen) atoms. The second-order valence-corrected chi connectivity index (χ2v) is 5.84. The summed E-state index contributed by atoms with van der Waals surface area (Å²) >= 11 is 1.57. The third-order valence-corrected chi connectivity index (χ3v) is 4.24. The first-order chi connectivity index (χ1) is 10.2. The number of aryl methyl sites for hydroxylation is 1. The lowest BCUT2D eigenvalue weighted by molar-refractivity contribution is 0.281. The van der Waals surface area contributed by atoms with E-state index >= 15 is 0 Å². The average molecular weight is 300 g/mol. The van der Waals surface area contributed by atoms with Gasteiger partial charge in [-0.25, -0.2) is 4.98 Å². The molecule has 2 aromatic carbocycles. The highest BCUT2D eigenvalue weighted by molar-refractivity contribution is 7.99. The largest absolute Gasteiger partial charge is 0.497 e. The molecule has 0 radical (unpaired) electrons. The van der Waals surface area contributed by atoms with Gasteiger partial charge in [-0.15, -0.1) is 0 Å². The maximum absolute atomic E-state index is 9.21. The second kappa shape index (κ2) is 5.79. The molecular weight excluding hydrogens is 284 g/mol. The molecule has 0 bridgehead atoms. The van der Waals surface area contributed by atoms with Crippen LogP contribution in [-0.4, -0.2) is 22.2 Å². The lowest BCUT2D eigenvalue weighted by Gasteiger charge is -2.04. The predicted molar refractivity (Wildman–Crippen MR) is 83.9 cm³/mol. The zero-order valence-corrected chi connectivity index (χ0v) is 12.7. The number of aromatic nitrogens is 2. The van der Waals surface area contributed by atoms with Gasteiger partial charge in [0.05, 0.1) is 24.8 Å². The summed E-state index contributed by atoms with van der Waals surface area (Å²) in [6, 6.07) is 11.8. The van der Waals surface area contributed by atoms with Crippen LogP contribution >= 0.6 is 11.8 Å². The summed E-state index contributed by atoms with van der Waals surface area (Å²) in [5.41, 5.74) is 3.91. The SMILES string of the molecule is COc1ccc2nc(Sc3ccc(CO)c(C)c3)[nH]c2c1. The number of nitrogens with zero attached hydrogens (tertiary/aromatic N) is 1. The van der Waals surface area contributed by atoms with Gasteiger partial charge in [0.25, 0.3) is 0 Å². The maximum Gasteiger partial charge on any atom is 0.171 e. The van der Waals surface area contributed by atoms with E-state index in [1.165, 1.54) is 0 Å². The van der Waals surface area contributed by atoms with E-state index in [-0.39, 0.29) is 6.61 Å². The number of fused-ring (bicyclic) bond motifs is 1. The van der Waals surface area contributed by atoms with E-state index < -0.39 is 0 Å². The summed E-state index contributed by atoms with van der Waals surface area (Å²) in [6.45, 7) is 2.07. The minimum absolute atomic E-state index is 0.0706. The fourth-order valence-corrected chi connectivity index (χ4v) is 3.06. The second-order valence-electron chi connectivity index (χ2n) is 4.77. The van der Waals surface area contributed by atoms with Crippen LogP contribution in [0.2, 0.25) is 0 Å². The molecule has 0 aliphatic carbocycles. The molecule has 0 amide bonds. The molecule has 0 atom stereocenters. The molecular formula is C16H16N2O2S. The lowest BCUT2D eigenvalue weighted by Crippen LogP contribution is -1.88. The van der Waals surface area contributed by atoms with Crippen molar-refractivity contribution in [2.75, 3.05) is 7.11 Å². The zero-order chi connectivity index (χ0) is 14.8. The number of benzene rings is 2. The first-order valence-electron chi connectivity index (χ1n) is 6.61. The monoisotopic (exact) mass is 300 g/mol. The smallest absolute Gasteiger partial charge is 0.171 e. The molecule has 0 aliphatic rings. The van der Waals surface area contributed by atoms with Gasteiger partial charge in [-0.1, -0.05) is 17.8 Å². The molecule has 1 heterocycles. The van der Waals surface area contributed by atoms with Crippen LogP contribution in [0.3, 0.4) is 0 Å². The first-order valence-corrected chi connectivity index (χ1v) is 7.43. The molecule has 0 spiro atoms. The quantitative estimate of drug-likeness (QED) is 0.774. The Bertz CT molecular complexity index is 783. The van der Waals surface area contributed by atoms with Gasteiger partial charge in [-0.05, 0) is 42.3 Å². The summed E-state index contributed by atoms with van der Waals surface area (Å²) in [4.78, 5) is 8.94. The van der Waals surface area contributed by atoms with Gasteiger partial charge in [-0.3, -0.25) is 0 Å². The summed E-state index contributed by atoms with van der Waals surface area (Å²) in [7, 11) is 1.65. The number of aliphatic hydroxyl groups excluding tert-OH is 1. The number of aromatic amines is 1. The summed E-state index contributed by atoms with van der Waals surface area (Å²) < 4.78 is 5.21. The Morgan fingerprint density at radius 2 is 2.10 bits per heavy atom. The van der Waals surface area contributed by atoms with Gasteiger partial charge in [0.2, 0.25) is 0 Å². The average Bonchev–Trinajstić information content (AvgIpc) is 2.88. The van der Waals surface area contributed by atoms with Crippen molar-refractivity contribution < 1.29 is 9.84 Å². The standard InChI is InChI=1S/C16H16N2O2S/c1-10-7-13(5-3-11(10)9-19)21-16-17-14-6-4-12(20-2)8-15(14)18-16/h3-8,19H,9H2,1-2H3,(H,17,18). The summed E-state index contributed by atoms with van der Waals surface area (Å²) in [5.74, 6) is 0.811. The van der Waals surface area contributed by atoms with Crippen molar-refractivity contribution in [1.82, 2.24) is 9.97 Å². The number of aliphatic hydroxyl groups is 1. The topological polar surface area (TPSA) is 58.1 Å². The summed E-state index contributed by atoms with van der Waals surface area (Å²) in [6.07, 6.45) is 0. The molecule has 0 saturated heterocycles. The van der Waals surface area contributed by atoms with Gasteiger partial charge in [0.15, 0.2) is 5.16 Å². The van der Waals surface area contributed by atoms with E-state index in [9.17, 15) is 5.11 Å². The van der Waals surface area contributed by atoms with Crippen LogP contribution in [0, 0.1) is 6.92 Å². The maximum atomic E-state index is 9.21. The normalized spacial score (nSPS) is 11.0. The van der Waals surface area contributed by atoms with E-state index in [4.69, 9.17) is 4.74 Å². The van der Waals surface area contributed by atoms with Crippen LogP contribution < -0.4 is 4.74 Å². The number of hydrogen-bond acceptors (Lipinski definition) is 4. The van der Waals surface area contributed by atoms with Crippen LogP contribution in [0.25, 0.3) is 11.0 Å². The molecule has 5 heteroatoms. The van der Waals surface area contributed by atoms with Crippen LogP contribution in [0.1, 0.15) is 11.1 Å². The lowest BCUT2D eigenvalue weighted by atomic mass is 10.1. The Hall–Kier alpha value is -1.98. The Morgan fingerprint density at radius 3 is 2.81 bits per heavy atom. The van der Waals surface area contributed by atoms with Crippen molar-refractivity contribution in [3.05, 3.63) is 47.5 Å². The Labute approximate surface area is 127 Å². The predicted octanol–water partition coefficient (Wildman–Crippen LogP) is 3.52. The molecule has 0 saturated carbocycles. The van der Waals surface area contributed by atoms with E-state index in [0.717, 1.165) is 38.0 Å². The van der Waals surface area contributed by atoms with Crippen molar-refractivity contribution in [2.45, 2.75) is 23.6 Å². The van der Waals surface area contributed by atoms with Crippen molar-refractivity contribution in [2.24, 2.45) is 0 Å². The highest BCUT2D eigenvalue weighted by Gasteiger charge is 2.07. The first kappa shape index (κ1) is 14.0. The number of nitrogens with one attached hydrogen (secondary N) is 1. The number of rotatable bonds is 4. The molecule has 1 aromatic heterocycles. The van der Waals surface area contributed by atoms with Crippen LogP contribution in [0.15, 0.2) is 46.5 Å². The van der Waals surface area contributed by atoms with Gasteiger partial charge < -0.3 is 14.8 Å². The van der Waals surface area contributed by atoms with E-state index in [2.05, 4.69) is 16.0 Å². The molecule has 4 nitrogen and oxygen atoms in total. The molecule has 3 aromatic rings. The number of methoxy groups -OCH3 is 1. The van der Waals surface area contributed by atoms with E-state index in [1.54, 1.807) is 18.9 Å².